The van der Waals surface area contributed by atoms with Crippen molar-refractivity contribution in [3.63, 3.8) is 0 Å². The van der Waals surface area contributed by atoms with E-state index < -0.39 is 86.2 Å². The zero-order chi connectivity index (χ0) is 23.5. The Hall–Kier alpha value is -2.92. The smallest absolute Gasteiger partial charge is 0.330 e. The molecule has 0 aliphatic carbocycles. The van der Waals surface area contributed by atoms with E-state index in [1.165, 1.54) is 0 Å². The van der Waals surface area contributed by atoms with E-state index in [4.69, 9.17) is 4.55 Å². The second-order valence-electron chi connectivity index (χ2n) is 6.40. The molecule has 2 heterocycles. The van der Waals surface area contributed by atoms with Crippen molar-refractivity contribution in [1.29, 1.82) is 0 Å². The lowest BCUT2D eigenvalue weighted by Crippen LogP contribution is -2.36. The third-order valence-corrected chi connectivity index (χ3v) is 6.15. The number of rotatable bonds is 9. The number of nitrogens with zero attached hydrogens (tertiary/aromatic N) is 2. The molecule has 0 aromatic heterocycles. The maximum atomic E-state index is 11.7. The Morgan fingerprint density at radius 3 is 1.74 bits per heavy atom. The first-order valence-corrected chi connectivity index (χ1v) is 11.3. The van der Waals surface area contributed by atoms with E-state index in [1.54, 1.807) is 0 Å². The van der Waals surface area contributed by atoms with Gasteiger partial charge in [-0.2, -0.15) is 8.42 Å². The molecule has 2 saturated heterocycles. The first-order chi connectivity index (χ1) is 14.3. The summed E-state index contributed by atoms with van der Waals surface area (Å²) in [6.45, 7) is 0. The number of hydroxylamine groups is 4. The summed E-state index contributed by atoms with van der Waals surface area (Å²) < 4.78 is 52.6. The molecule has 0 aromatic rings. The number of unbranched alkanes of at least 4 members (excludes halogenated alkanes) is 1. The molecule has 1 N–H and O–H groups in total. The Kier molecular flexibility index (Phi) is 7.45. The Labute approximate surface area is 175 Å². The number of hydrogen-bond donors (Lipinski definition) is 2. The van der Waals surface area contributed by atoms with Gasteiger partial charge in [0.1, 0.15) is 5.25 Å². The zero-order valence-corrected chi connectivity index (χ0v) is 17.2. The number of carbonyl (C=O) groups is 6. The van der Waals surface area contributed by atoms with Crippen LogP contribution in [0, 0.1) is 0 Å². The molecular formula is C14H16N2O13S2. The maximum absolute atomic E-state index is 11.7. The molecule has 0 saturated carbocycles. The van der Waals surface area contributed by atoms with E-state index in [0.717, 1.165) is 0 Å². The molecule has 2 atom stereocenters. The largest absolute Gasteiger partial charge is 0.333 e. The third kappa shape index (κ3) is 5.82. The molecule has 17 heteroatoms. The minimum atomic E-state index is -4.85. The highest BCUT2D eigenvalue weighted by Crippen LogP contribution is 2.20. The molecule has 0 bridgehead atoms. The summed E-state index contributed by atoms with van der Waals surface area (Å²) >= 11 is 0. The molecule has 0 radical (unpaired) electrons. The first-order valence-electron chi connectivity index (χ1n) is 8.58. The molecule has 4 amide bonds. The second kappa shape index (κ2) is 9.48. The summed E-state index contributed by atoms with van der Waals surface area (Å²) in [7, 11) is -8.07. The van der Waals surface area contributed by atoms with E-state index in [-0.39, 0.29) is 29.4 Å². The fourth-order valence-corrected chi connectivity index (χ4v) is 3.89. The minimum absolute atomic E-state index is 0.0149. The van der Waals surface area contributed by atoms with Gasteiger partial charge in [-0.1, -0.05) is 0 Å². The number of hydrogen-bond acceptors (Lipinski definition) is 12. The zero-order valence-electron chi connectivity index (χ0n) is 15.5. The summed E-state index contributed by atoms with van der Waals surface area (Å²) in [5.41, 5.74) is 0. The van der Waals surface area contributed by atoms with E-state index >= 15 is 0 Å². The molecule has 2 aliphatic rings. The van der Waals surface area contributed by atoms with Crippen LogP contribution in [0.25, 0.3) is 0 Å². The SMILES string of the molecule is O=C(CCCCC(=O)ON1C(=O)CC(S(=O)(=O)O)C1=O)ON1C(=O)CC([SH](=O)=O)C1=O. The van der Waals surface area contributed by atoms with Crippen LogP contribution >= 0.6 is 0 Å². The molecule has 31 heavy (non-hydrogen) atoms. The van der Waals surface area contributed by atoms with Crippen molar-refractivity contribution in [3.8, 4) is 0 Å². The van der Waals surface area contributed by atoms with E-state index in [1.807, 2.05) is 0 Å². The van der Waals surface area contributed by atoms with E-state index in [9.17, 15) is 45.6 Å². The van der Waals surface area contributed by atoms with Crippen LogP contribution in [0.15, 0.2) is 0 Å². The third-order valence-electron chi connectivity index (χ3n) is 4.15. The normalized spacial score (nSPS) is 21.9. The van der Waals surface area contributed by atoms with Gasteiger partial charge in [-0.3, -0.25) is 23.7 Å². The highest BCUT2D eigenvalue weighted by molar-refractivity contribution is 7.87. The summed E-state index contributed by atoms with van der Waals surface area (Å²) in [4.78, 5) is 79.0. The fraction of sp³-hybridized carbons (Fsp3) is 0.571. The van der Waals surface area contributed by atoms with Crippen molar-refractivity contribution in [2.75, 3.05) is 0 Å². The van der Waals surface area contributed by atoms with Crippen LogP contribution in [0.1, 0.15) is 38.5 Å². The van der Waals surface area contributed by atoms with Gasteiger partial charge in [-0.15, -0.1) is 10.1 Å². The molecule has 2 fully saturated rings. The molecule has 172 valence electrons. The van der Waals surface area contributed by atoms with Gasteiger partial charge in [0.2, 0.25) is 0 Å². The molecule has 2 rings (SSSR count). The van der Waals surface area contributed by atoms with Crippen molar-refractivity contribution in [1.82, 2.24) is 10.1 Å². The van der Waals surface area contributed by atoms with Gasteiger partial charge in [0, 0.05) is 12.8 Å². The lowest BCUT2D eigenvalue weighted by atomic mass is 10.2. The van der Waals surface area contributed by atoms with E-state index in [2.05, 4.69) is 9.68 Å². The van der Waals surface area contributed by atoms with Crippen molar-refractivity contribution < 1.29 is 59.8 Å². The van der Waals surface area contributed by atoms with Gasteiger partial charge in [0.05, 0.1) is 12.8 Å². The summed E-state index contributed by atoms with van der Waals surface area (Å²) in [5.74, 6) is -6.86. The van der Waals surface area contributed by atoms with E-state index in [0.29, 0.717) is 0 Å². The Morgan fingerprint density at radius 1 is 0.903 bits per heavy atom. The predicted octanol–water partition coefficient (Wildman–Crippen LogP) is -2.78. The van der Waals surface area contributed by atoms with Crippen LogP contribution in [0.5, 0.6) is 0 Å². The van der Waals surface area contributed by atoms with Crippen LogP contribution < -0.4 is 0 Å². The van der Waals surface area contributed by atoms with Gasteiger partial charge in [0.25, 0.3) is 33.7 Å². The maximum Gasteiger partial charge on any atom is 0.333 e. The Morgan fingerprint density at radius 2 is 1.35 bits per heavy atom. The van der Waals surface area contributed by atoms with Crippen molar-refractivity contribution in [2.24, 2.45) is 0 Å². The van der Waals surface area contributed by atoms with Crippen molar-refractivity contribution in [2.45, 2.75) is 49.0 Å². The quantitative estimate of drug-likeness (QED) is 0.147. The minimum Gasteiger partial charge on any atom is -0.330 e. The lowest BCUT2D eigenvalue weighted by molar-refractivity contribution is -0.198. The molecule has 0 spiro atoms. The number of amides is 4. The van der Waals surface area contributed by atoms with Gasteiger partial charge < -0.3 is 9.68 Å². The van der Waals surface area contributed by atoms with Crippen LogP contribution in [-0.4, -0.2) is 77.6 Å². The Balaban J connectivity index is 1.74. The van der Waals surface area contributed by atoms with Gasteiger partial charge in [-0.25, -0.2) is 18.0 Å². The summed E-state index contributed by atoms with van der Waals surface area (Å²) in [6.07, 6.45) is -2.33. The van der Waals surface area contributed by atoms with Gasteiger partial charge in [-0.05, 0) is 12.8 Å². The summed E-state index contributed by atoms with van der Waals surface area (Å²) in [5, 5.41) is -3.64. The second-order valence-corrected chi connectivity index (χ2v) is 9.19. The predicted molar refractivity (Wildman–Crippen MR) is 93.0 cm³/mol. The molecule has 0 aromatic carbocycles. The number of imide groups is 2. The Bertz CT molecular complexity index is 1010. The highest BCUT2D eigenvalue weighted by Gasteiger charge is 2.48. The van der Waals surface area contributed by atoms with Crippen LogP contribution in [-0.2, 0) is 59.3 Å². The standard InChI is InChI=1S/C14H16N2O13S2/c17-9-5-7(30(23)24)13(21)15(9)28-11(19)3-1-2-4-12(20)29-16-10(18)6-8(14(16)22)31(25,26)27/h7-8,30H,1-6H2,(H,25,26,27). The average Bonchev–Trinajstić information content (AvgIpc) is 3.10. The molecule has 2 unspecified atom stereocenters. The highest BCUT2D eigenvalue weighted by atomic mass is 32.2. The van der Waals surface area contributed by atoms with Crippen LogP contribution in [0.4, 0.5) is 0 Å². The topological polar surface area (TPSA) is 216 Å². The molecular weight excluding hydrogens is 468 g/mol. The van der Waals surface area contributed by atoms with Crippen LogP contribution in [0.3, 0.4) is 0 Å². The van der Waals surface area contributed by atoms with Crippen molar-refractivity contribution in [3.05, 3.63) is 0 Å². The first kappa shape index (κ1) is 24.4. The van der Waals surface area contributed by atoms with Gasteiger partial charge >= 0.3 is 11.9 Å². The van der Waals surface area contributed by atoms with Gasteiger partial charge in [0.15, 0.2) is 16.0 Å². The summed E-state index contributed by atoms with van der Waals surface area (Å²) in [6, 6.07) is 0. The number of carbonyl (C=O) groups excluding carboxylic acids is 6. The molecule has 2 aliphatic heterocycles. The number of thiol groups is 1. The lowest BCUT2D eigenvalue weighted by Gasteiger charge is -2.13. The van der Waals surface area contributed by atoms with Crippen molar-refractivity contribution >= 4 is 56.4 Å². The fourth-order valence-electron chi connectivity index (χ4n) is 2.60. The monoisotopic (exact) mass is 484 g/mol. The average molecular weight is 484 g/mol. The van der Waals surface area contributed by atoms with Crippen LogP contribution in [0.2, 0.25) is 0 Å². The molecule has 15 nitrogen and oxygen atoms in total.